The quantitative estimate of drug-likeness (QED) is 0.783. The highest BCUT2D eigenvalue weighted by atomic mass is 32.2. The summed E-state index contributed by atoms with van der Waals surface area (Å²) in [4.78, 5) is 17.1. The van der Waals surface area contributed by atoms with Crippen molar-refractivity contribution in [3.63, 3.8) is 0 Å². The van der Waals surface area contributed by atoms with Crippen molar-refractivity contribution in [1.29, 1.82) is 0 Å². The van der Waals surface area contributed by atoms with Crippen molar-refractivity contribution in [2.75, 3.05) is 29.6 Å². The highest BCUT2D eigenvalue weighted by molar-refractivity contribution is 8.00. The summed E-state index contributed by atoms with van der Waals surface area (Å²) in [5.74, 6) is 0.0322. The number of carbonyl (C=O) groups excluding carboxylic acids is 1. The second-order valence-electron chi connectivity index (χ2n) is 5.78. The summed E-state index contributed by atoms with van der Waals surface area (Å²) in [6, 6.07) is 16.3. The average molecular weight is 359 g/mol. The van der Waals surface area contributed by atoms with Gasteiger partial charge in [0.25, 0.3) is 0 Å². The van der Waals surface area contributed by atoms with Crippen molar-refractivity contribution >= 4 is 40.8 Å². The highest BCUT2D eigenvalue weighted by Crippen LogP contribution is 2.39. The van der Waals surface area contributed by atoms with Gasteiger partial charge in [0.2, 0.25) is 5.91 Å². The number of thioether (sulfide) groups is 2. The smallest absolute Gasteiger partial charge is 0.243 e. The predicted octanol–water partition coefficient (Wildman–Crippen LogP) is 4.74. The Hall–Kier alpha value is -1.59. The summed E-state index contributed by atoms with van der Waals surface area (Å²) in [7, 11) is 0. The van der Waals surface area contributed by atoms with E-state index in [1.54, 1.807) is 11.8 Å². The van der Waals surface area contributed by atoms with E-state index in [0.717, 1.165) is 23.5 Å². The van der Waals surface area contributed by atoms with Crippen LogP contribution in [0.2, 0.25) is 0 Å². The fraction of sp³-hybridized carbons (Fsp3) is 0.316. The summed E-state index contributed by atoms with van der Waals surface area (Å²) in [5, 5.41) is 3.56. The number of fused-ring (bicyclic) bond motifs is 1. The topological polar surface area (TPSA) is 32.3 Å². The number of anilines is 2. The van der Waals surface area contributed by atoms with Crippen molar-refractivity contribution in [1.82, 2.24) is 0 Å². The van der Waals surface area contributed by atoms with Crippen LogP contribution in [0.25, 0.3) is 0 Å². The maximum atomic E-state index is 12.5. The van der Waals surface area contributed by atoms with E-state index >= 15 is 0 Å². The Morgan fingerprint density at radius 3 is 2.92 bits per heavy atom. The van der Waals surface area contributed by atoms with Crippen LogP contribution >= 0.6 is 23.5 Å². The van der Waals surface area contributed by atoms with Gasteiger partial charge in [0.05, 0.1) is 12.2 Å². The Bertz CT molecular complexity index is 720. The highest BCUT2D eigenvalue weighted by Gasteiger charge is 2.25. The molecule has 1 amide bonds. The van der Waals surface area contributed by atoms with E-state index in [1.165, 1.54) is 10.6 Å². The van der Waals surface area contributed by atoms with Gasteiger partial charge in [-0.1, -0.05) is 25.1 Å². The van der Waals surface area contributed by atoms with Crippen LogP contribution in [-0.4, -0.2) is 30.5 Å². The molecule has 1 aliphatic rings. The molecule has 0 fully saturated rings. The van der Waals surface area contributed by atoms with Crippen LogP contribution < -0.4 is 10.2 Å². The van der Waals surface area contributed by atoms with Crippen LogP contribution in [0.4, 0.5) is 11.4 Å². The van der Waals surface area contributed by atoms with Crippen LogP contribution in [0.5, 0.6) is 0 Å². The zero-order valence-electron chi connectivity index (χ0n) is 14.0. The monoisotopic (exact) mass is 358 g/mol. The molecule has 1 aliphatic heterocycles. The number of hydrogen-bond acceptors (Lipinski definition) is 4. The van der Waals surface area contributed by atoms with Gasteiger partial charge in [-0.15, -0.1) is 23.5 Å². The van der Waals surface area contributed by atoms with E-state index in [0.29, 0.717) is 11.8 Å². The molecule has 5 heteroatoms. The number of amides is 1. The number of nitrogens with zero attached hydrogens (tertiary/aromatic N) is 1. The summed E-state index contributed by atoms with van der Waals surface area (Å²) >= 11 is 3.60. The lowest BCUT2D eigenvalue weighted by Crippen LogP contribution is -2.40. The molecule has 126 valence electrons. The molecule has 0 saturated carbocycles. The summed E-state index contributed by atoms with van der Waals surface area (Å²) < 4.78 is 0. The third kappa shape index (κ3) is 4.08. The number of benzene rings is 2. The standard InChI is InChI=1S/C19H22N2OS2/c1-3-15-12-21(17-9-4-5-10-18(17)24-15)13-19(22)20-14-7-6-8-16(11-14)23-2/h4-11,15H,3,12-13H2,1-2H3,(H,20,22). The maximum absolute atomic E-state index is 12.5. The molecule has 1 N–H and O–H groups in total. The zero-order chi connectivity index (χ0) is 16.9. The van der Waals surface area contributed by atoms with Gasteiger partial charge in [-0.05, 0) is 43.0 Å². The van der Waals surface area contributed by atoms with Gasteiger partial charge in [-0.2, -0.15) is 0 Å². The molecule has 0 radical (unpaired) electrons. The Morgan fingerprint density at radius 2 is 2.12 bits per heavy atom. The van der Waals surface area contributed by atoms with Gasteiger partial charge in [0, 0.05) is 27.3 Å². The summed E-state index contributed by atoms with van der Waals surface area (Å²) in [6.45, 7) is 3.51. The summed E-state index contributed by atoms with van der Waals surface area (Å²) in [5.41, 5.74) is 2.03. The number of hydrogen-bond donors (Lipinski definition) is 1. The lowest BCUT2D eigenvalue weighted by molar-refractivity contribution is -0.115. The second kappa shape index (κ2) is 7.99. The lowest BCUT2D eigenvalue weighted by Gasteiger charge is -2.34. The van der Waals surface area contributed by atoms with E-state index in [-0.39, 0.29) is 5.91 Å². The van der Waals surface area contributed by atoms with Crippen molar-refractivity contribution in [2.24, 2.45) is 0 Å². The Labute approximate surface area is 152 Å². The van der Waals surface area contributed by atoms with E-state index in [4.69, 9.17) is 0 Å². The number of rotatable bonds is 5. The minimum atomic E-state index is 0.0322. The van der Waals surface area contributed by atoms with Gasteiger partial charge in [-0.25, -0.2) is 0 Å². The first kappa shape index (κ1) is 17.2. The van der Waals surface area contributed by atoms with Crippen molar-refractivity contribution in [2.45, 2.75) is 28.4 Å². The van der Waals surface area contributed by atoms with Gasteiger partial charge >= 0.3 is 0 Å². The normalized spacial score (nSPS) is 16.6. The Balaban J connectivity index is 1.71. The fourth-order valence-corrected chi connectivity index (χ4v) is 4.53. The largest absolute Gasteiger partial charge is 0.360 e. The molecule has 3 nitrogen and oxygen atoms in total. The third-order valence-corrected chi connectivity index (χ3v) is 6.21. The molecule has 0 aliphatic carbocycles. The number of nitrogens with one attached hydrogen (secondary N) is 1. The first-order chi connectivity index (χ1) is 11.7. The van der Waals surface area contributed by atoms with Crippen molar-refractivity contribution in [3.05, 3.63) is 48.5 Å². The van der Waals surface area contributed by atoms with Crippen LogP contribution in [-0.2, 0) is 4.79 Å². The molecule has 1 heterocycles. The first-order valence-corrected chi connectivity index (χ1v) is 10.2. The van der Waals surface area contributed by atoms with Gasteiger partial charge in [-0.3, -0.25) is 4.79 Å². The molecule has 0 bridgehead atoms. The molecule has 1 unspecified atom stereocenters. The minimum Gasteiger partial charge on any atom is -0.360 e. The minimum absolute atomic E-state index is 0.0322. The molecule has 0 spiro atoms. The van der Waals surface area contributed by atoms with Gasteiger partial charge in [0.15, 0.2) is 0 Å². The Kier molecular flexibility index (Phi) is 5.74. The van der Waals surface area contributed by atoms with Gasteiger partial charge < -0.3 is 10.2 Å². The van der Waals surface area contributed by atoms with Crippen LogP contribution in [0.15, 0.2) is 58.3 Å². The van der Waals surface area contributed by atoms with E-state index in [9.17, 15) is 4.79 Å². The molecular weight excluding hydrogens is 336 g/mol. The molecule has 2 aromatic rings. The van der Waals surface area contributed by atoms with E-state index < -0.39 is 0 Å². The molecule has 1 atom stereocenters. The molecule has 3 rings (SSSR count). The summed E-state index contributed by atoms with van der Waals surface area (Å²) in [6.07, 6.45) is 3.14. The maximum Gasteiger partial charge on any atom is 0.243 e. The van der Waals surface area contributed by atoms with Crippen LogP contribution in [0.3, 0.4) is 0 Å². The predicted molar refractivity (Wildman–Crippen MR) is 105 cm³/mol. The molecular formula is C19H22N2OS2. The van der Waals surface area contributed by atoms with Crippen molar-refractivity contribution in [3.8, 4) is 0 Å². The van der Waals surface area contributed by atoms with E-state index in [2.05, 4.69) is 35.3 Å². The average Bonchev–Trinajstić information content (AvgIpc) is 2.61. The Morgan fingerprint density at radius 1 is 1.29 bits per heavy atom. The van der Waals surface area contributed by atoms with Gasteiger partial charge in [0.1, 0.15) is 0 Å². The SMILES string of the molecule is CCC1CN(CC(=O)Nc2cccc(SC)c2)c2ccccc2S1. The zero-order valence-corrected chi connectivity index (χ0v) is 15.6. The number of carbonyl (C=O) groups is 1. The second-order valence-corrected chi connectivity index (χ2v) is 8.00. The third-order valence-electron chi connectivity index (χ3n) is 4.07. The van der Waals surface area contributed by atoms with Crippen LogP contribution in [0, 0.1) is 0 Å². The van der Waals surface area contributed by atoms with Crippen molar-refractivity contribution < 1.29 is 4.79 Å². The molecule has 0 saturated heterocycles. The number of para-hydroxylation sites is 1. The molecule has 2 aromatic carbocycles. The van der Waals surface area contributed by atoms with Crippen LogP contribution in [0.1, 0.15) is 13.3 Å². The van der Waals surface area contributed by atoms with E-state index in [1.807, 2.05) is 48.3 Å². The molecule has 0 aromatic heterocycles. The lowest BCUT2D eigenvalue weighted by atomic mass is 10.2. The molecule has 24 heavy (non-hydrogen) atoms. The first-order valence-electron chi connectivity index (χ1n) is 8.14. The fourth-order valence-electron chi connectivity index (χ4n) is 2.82.